The van der Waals surface area contributed by atoms with Gasteiger partial charge in [-0.3, -0.25) is 4.99 Å². The van der Waals surface area contributed by atoms with Gasteiger partial charge in [-0.25, -0.2) is 0 Å². The van der Waals surface area contributed by atoms with Crippen molar-refractivity contribution in [2.75, 3.05) is 6.54 Å². The summed E-state index contributed by atoms with van der Waals surface area (Å²) in [6, 6.07) is 0. The van der Waals surface area contributed by atoms with Crippen LogP contribution in [0.25, 0.3) is 0 Å². The van der Waals surface area contributed by atoms with Crippen molar-refractivity contribution in [2.24, 2.45) is 22.4 Å². The fourth-order valence-electron chi connectivity index (χ4n) is 0.648. The highest BCUT2D eigenvalue weighted by Crippen LogP contribution is 2.01. The molecule has 0 aliphatic carbocycles. The summed E-state index contributed by atoms with van der Waals surface area (Å²) >= 11 is 0. The number of aliphatic imine (C=N–C) groups is 1. The van der Waals surface area contributed by atoms with Crippen LogP contribution in [0.5, 0.6) is 0 Å². The summed E-state index contributed by atoms with van der Waals surface area (Å²) in [5, 5.41) is 0. The Labute approximate surface area is 62.5 Å². The Hall–Kier alpha value is -0.860. The fourth-order valence-corrected chi connectivity index (χ4v) is 0.648. The van der Waals surface area contributed by atoms with Gasteiger partial charge in [-0.05, 0) is 19.8 Å². The minimum Gasteiger partial charge on any atom is -0.370 e. The van der Waals surface area contributed by atoms with E-state index in [0.29, 0.717) is 5.92 Å². The summed E-state index contributed by atoms with van der Waals surface area (Å²) in [4.78, 5) is 3.84. The molecule has 1 unspecified atom stereocenters. The maximum atomic E-state index is 5.12. The van der Waals surface area contributed by atoms with Gasteiger partial charge >= 0.3 is 0 Å². The van der Waals surface area contributed by atoms with E-state index >= 15 is 0 Å². The second-order valence-corrected chi connectivity index (χ2v) is 2.55. The quantitative estimate of drug-likeness (QED) is 0.260. The molecule has 0 bridgehead atoms. The van der Waals surface area contributed by atoms with Gasteiger partial charge in [-0.15, -0.1) is 0 Å². The first kappa shape index (κ1) is 9.14. The molecule has 0 aromatic carbocycles. The van der Waals surface area contributed by atoms with Crippen LogP contribution >= 0.6 is 0 Å². The second-order valence-electron chi connectivity index (χ2n) is 2.55. The zero-order valence-electron chi connectivity index (χ0n) is 6.51. The third-order valence-corrected chi connectivity index (χ3v) is 1.15. The molecule has 0 aromatic heterocycles. The van der Waals surface area contributed by atoms with Crippen molar-refractivity contribution >= 4 is 5.96 Å². The molecule has 0 saturated heterocycles. The molecule has 0 aliphatic heterocycles. The van der Waals surface area contributed by atoms with Crippen molar-refractivity contribution in [3.8, 4) is 0 Å². The highest BCUT2D eigenvalue weighted by atomic mass is 15.0. The summed E-state index contributed by atoms with van der Waals surface area (Å²) in [6.45, 7) is 6.65. The van der Waals surface area contributed by atoms with Crippen LogP contribution < -0.4 is 11.5 Å². The Kier molecular flexibility index (Phi) is 4.54. The SMILES string of the molecule is [CH2+]C(C)CCCN=C(N)N. The summed E-state index contributed by atoms with van der Waals surface area (Å²) in [7, 11) is 0. The van der Waals surface area contributed by atoms with Crippen molar-refractivity contribution in [1.82, 2.24) is 0 Å². The van der Waals surface area contributed by atoms with E-state index < -0.39 is 0 Å². The highest BCUT2D eigenvalue weighted by Gasteiger charge is 1.97. The molecule has 0 radical (unpaired) electrons. The lowest BCUT2D eigenvalue weighted by Crippen LogP contribution is -2.22. The van der Waals surface area contributed by atoms with E-state index in [1.54, 1.807) is 0 Å². The van der Waals surface area contributed by atoms with Crippen molar-refractivity contribution in [2.45, 2.75) is 19.8 Å². The standard InChI is InChI=1S/C7H16N3/c1-6(2)4-3-5-10-7(8)9/h6H,1,3-5H2,2H3,(H4,8,9,10)/q+1. The van der Waals surface area contributed by atoms with E-state index in [-0.39, 0.29) is 5.96 Å². The van der Waals surface area contributed by atoms with Gasteiger partial charge in [0.1, 0.15) is 0 Å². The molecular weight excluding hydrogens is 126 g/mol. The van der Waals surface area contributed by atoms with Gasteiger partial charge in [-0.2, -0.15) is 0 Å². The minimum atomic E-state index is 0.178. The van der Waals surface area contributed by atoms with E-state index in [4.69, 9.17) is 11.5 Å². The molecule has 1 atom stereocenters. The molecule has 0 aliphatic rings. The topological polar surface area (TPSA) is 64.4 Å². The average molecular weight is 142 g/mol. The molecule has 0 aromatic rings. The van der Waals surface area contributed by atoms with Gasteiger partial charge < -0.3 is 11.5 Å². The molecule has 4 N–H and O–H groups in total. The van der Waals surface area contributed by atoms with Gasteiger partial charge in [0, 0.05) is 6.54 Å². The molecule has 0 fully saturated rings. The average Bonchev–Trinajstić information content (AvgIpc) is 1.79. The molecule has 58 valence electrons. The molecule has 0 amide bonds. The van der Waals surface area contributed by atoms with Crippen LogP contribution in [0.15, 0.2) is 4.99 Å². The number of hydrogen-bond donors (Lipinski definition) is 2. The monoisotopic (exact) mass is 142 g/mol. The molecule has 0 rings (SSSR count). The minimum absolute atomic E-state index is 0.178. The van der Waals surface area contributed by atoms with Crippen molar-refractivity contribution < 1.29 is 0 Å². The van der Waals surface area contributed by atoms with Crippen LogP contribution in [-0.2, 0) is 0 Å². The van der Waals surface area contributed by atoms with Crippen LogP contribution in [0.1, 0.15) is 19.8 Å². The summed E-state index contributed by atoms with van der Waals surface area (Å²) in [5.74, 6) is 0.672. The predicted octanol–water partition coefficient (Wildman–Crippen LogP) is 0.510. The largest absolute Gasteiger partial charge is 0.370 e. The van der Waals surface area contributed by atoms with Crippen LogP contribution in [0.2, 0.25) is 0 Å². The number of guanidine groups is 1. The Morgan fingerprint density at radius 3 is 2.60 bits per heavy atom. The summed E-state index contributed by atoms with van der Waals surface area (Å²) < 4.78 is 0. The van der Waals surface area contributed by atoms with Gasteiger partial charge in [0.05, 0.1) is 12.8 Å². The van der Waals surface area contributed by atoms with E-state index in [9.17, 15) is 0 Å². The van der Waals surface area contributed by atoms with Crippen molar-refractivity contribution in [3.05, 3.63) is 6.92 Å². The van der Waals surface area contributed by atoms with Crippen LogP contribution in [-0.4, -0.2) is 12.5 Å². The number of rotatable bonds is 4. The third-order valence-electron chi connectivity index (χ3n) is 1.15. The highest BCUT2D eigenvalue weighted by molar-refractivity contribution is 5.75. The maximum absolute atomic E-state index is 5.12. The first-order chi connectivity index (χ1) is 4.63. The van der Waals surface area contributed by atoms with Gasteiger partial charge in [0.25, 0.3) is 0 Å². The Bertz CT molecular complexity index is 103. The Morgan fingerprint density at radius 2 is 2.20 bits per heavy atom. The zero-order chi connectivity index (χ0) is 7.98. The lowest BCUT2D eigenvalue weighted by atomic mass is 10.1. The van der Waals surface area contributed by atoms with Gasteiger partial charge in [-0.1, -0.05) is 0 Å². The zero-order valence-corrected chi connectivity index (χ0v) is 6.51. The second kappa shape index (κ2) is 4.97. The van der Waals surface area contributed by atoms with Gasteiger partial charge in [0.15, 0.2) is 5.96 Å². The van der Waals surface area contributed by atoms with Crippen molar-refractivity contribution in [3.63, 3.8) is 0 Å². The van der Waals surface area contributed by atoms with E-state index in [1.807, 2.05) is 0 Å². The fraction of sp³-hybridized carbons (Fsp3) is 0.714. The maximum Gasteiger partial charge on any atom is 0.185 e. The van der Waals surface area contributed by atoms with Crippen molar-refractivity contribution in [1.29, 1.82) is 0 Å². The number of nitrogens with two attached hydrogens (primary N) is 2. The smallest absolute Gasteiger partial charge is 0.185 e. The summed E-state index contributed by atoms with van der Waals surface area (Å²) in [6.07, 6.45) is 2.10. The molecule has 10 heavy (non-hydrogen) atoms. The normalized spacial score (nSPS) is 12.5. The first-order valence-corrected chi connectivity index (χ1v) is 3.51. The van der Waals surface area contributed by atoms with E-state index in [1.165, 1.54) is 0 Å². The molecule has 0 saturated carbocycles. The molecule has 3 heteroatoms. The Morgan fingerprint density at radius 1 is 1.60 bits per heavy atom. The lowest BCUT2D eigenvalue weighted by molar-refractivity contribution is 0.610. The number of hydrogen-bond acceptors (Lipinski definition) is 1. The molecular formula is C7H16N3+. The molecule has 0 heterocycles. The first-order valence-electron chi connectivity index (χ1n) is 3.51. The summed E-state index contributed by atoms with van der Waals surface area (Å²) in [5.41, 5.74) is 10.2. The third kappa shape index (κ3) is 7.14. The molecule has 3 nitrogen and oxygen atoms in total. The van der Waals surface area contributed by atoms with E-state index in [0.717, 1.165) is 19.4 Å². The number of nitrogens with zero attached hydrogens (tertiary/aromatic N) is 1. The van der Waals surface area contributed by atoms with Crippen LogP contribution in [0, 0.1) is 12.8 Å². The van der Waals surface area contributed by atoms with Crippen LogP contribution in [0.3, 0.4) is 0 Å². The van der Waals surface area contributed by atoms with E-state index in [2.05, 4.69) is 18.8 Å². The lowest BCUT2D eigenvalue weighted by Gasteiger charge is -1.95. The Balaban J connectivity index is 3.13. The predicted molar refractivity (Wildman–Crippen MR) is 44.4 cm³/mol. The molecule has 0 spiro atoms. The van der Waals surface area contributed by atoms with Gasteiger partial charge in [0.2, 0.25) is 0 Å². The van der Waals surface area contributed by atoms with Crippen LogP contribution in [0.4, 0.5) is 0 Å².